The van der Waals surface area contributed by atoms with Gasteiger partial charge >= 0.3 is 18.9 Å². The molecule has 1 aromatic heterocycles. The fourth-order valence-electron chi connectivity index (χ4n) is 3.43. The molecule has 1 atom stereocenters. The Hall–Kier alpha value is -3.15. The highest BCUT2D eigenvalue weighted by Gasteiger charge is 2.39. The smallest absolute Gasteiger partial charge is 0.534 e. The Morgan fingerprint density at radius 2 is 2.00 bits per heavy atom. The fourth-order valence-corrected chi connectivity index (χ4v) is 3.43. The lowest BCUT2D eigenvalue weighted by Gasteiger charge is -2.29. The van der Waals surface area contributed by atoms with E-state index >= 15 is 0 Å². The molecule has 2 aromatic rings. The van der Waals surface area contributed by atoms with E-state index in [-0.39, 0.29) is 36.0 Å². The van der Waals surface area contributed by atoms with Gasteiger partial charge in [0.2, 0.25) is 5.91 Å². The lowest BCUT2D eigenvalue weighted by molar-refractivity contribution is -0.127. The van der Waals surface area contributed by atoms with Gasteiger partial charge in [0.15, 0.2) is 18.1 Å². The number of fused-ring (bicyclic) bond motifs is 1. The molecule has 0 saturated carbocycles. The number of amides is 1. The van der Waals surface area contributed by atoms with Gasteiger partial charge in [-0.2, -0.15) is 0 Å². The lowest BCUT2D eigenvalue weighted by atomic mass is 9.72. The van der Waals surface area contributed by atoms with Crippen LogP contribution < -0.4 is 15.8 Å². The largest absolute Gasteiger partial charge is 0.547 e. The highest BCUT2D eigenvalue weighted by Crippen LogP contribution is 2.31. The summed E-state index contributed by atoms with van der Waals surface area (Å²) in [6, 6.07) is 4.59. The van der Waals surface area contributed by atoms with Crippen LogP contribution in [-0.2, 0) is 29.0 Å². The third-order valence-electron chi connectivity index (χ3n) is 4.81. The second kappa shape index (κ2) is 9.78. The Morgan fingerprint density at radius 1 is 1.30 bits per heavy atom. The quantitative estimate of drug-likeness (QED) is 0.447. The van der Waals surface area contributed by atoms with Crippen LogP contribution in [0.2, 0.25) is 0 Å². The molecular formula is C21H24BF2NO8. The van der Waals surface area contributed by atoms with Crippen LogP contribution in [-0.4, -0.2) is 35.9 Å². The van der Waals surface area contributed by atoms with Gasteiger partial charge < -0.3 is 28.6 Å². The SMILES string of the molecule is CC(C)Cc1oc(=O)oc1COC(=O)c1cccc2c1OB(O)[C@@H](NC(=O)CC(C)(F)F)C2. The summed E-state index contributed by atoms with van der Waals surface area (Å²) in [5, 5.41) is 12.6. The zero-order chi connectivity index (χ0) is 24.3. The molecule has 9 nitrogen and oxygen atoms in total. The molecule has 0 saturated heterocycles. The van der Waals surface area contributed by atoms with Crippen LogP contribution in [0, 0.1) is 5.92 Å². The summed E-state index contributed by atoms with van der Waals surface area (Å²) in [6.07, 6.45) is -0.558. The van der Waals surface area contributed by atoms with Crippen molar-refractivity contribution in [3.8, 4) is 5.75 Å². The van der Waals surface area contributed by atoms with E-state index in [2.05, 4.69) is 5.32 Å². The van der Waals surface area contributed by atoms with Gasteiger partial charge in [-0.1, -0.05) is 26.0 Å². The van der Waals surface area contributed by atoms with Crippen LogP contribution in [0.15, 0.2) is 31.8 Å². The first kappa shape index (κ1) is 24.5. The molecule has 0 spiro atoms. The Balaban J connectivity index is 1.70. The van der Waals surface area contributed by atoms with Crippen LogP contribution in [0.3, 0.4) is 0 Å². The van der Waals surface area contributed by atoms with Gasteiger partial charge in [0, 0.05) is 6.42 Å². The third kappa shape index (κ3) is 6.44. The monoisotopic (exact) mass is 467 g/mol. The molecule has 1 aliphatic rings. The van der Waals surface area contributed by atoms with Gasteiger partial charge in [0.1, 0.15) is 11.3 Å². The second-order valence-corrected chi connectivity index (χ2v) is 8.40. The number of esters is 1. The Labute approximate surface area is 188 Å². The number of ether oxygens (including phenoxy) is 1. The summed E-state index contributed by atoms with van der Waals surface area (Å²) in [5.74, 6) is -6.18. The summed E-state index contributed by atoms with van der Waals surface area (Å²) < 4.78 is 46.7. The first-order valence-electron chi connectivity index (χ1n) is 10.4. The van der Waals surface area contributed by atoms with Crippen molar-refractivity contribution < 1.29 is 41.6 Å². The van der Waals surface area contributed by atoms with E-state index in [4.69, 9.17) is 18.2 Å². The molecule has 0 aliphatic carbocycles. The van der Waals surface area contributed by atoms with E-state index in [1.165, 1.54) is 6.07 Å². The van der Waals surface area contributed by atoms with Crippen molar-refractivity contribution in [1.82, 2.24) is 5.32 Å². The molecule has 0 radical (unpaired) electrons. The fraction of sp³-hybridized carbons (Fsp3) is 0.476. The molecule has 33 heavy (non-hydrogen) atoms. The molecule has 1 aliphatic heterocycles. The Kier molecular flexibility index (Phi) is 7.26. The number of halogens is 2. The molecule has 2 heterocycles. The molecular weight excluding hydrogens is 443 g/mol. The van der Waals surface area contributed by atoms with Crippen molar-refractivity contribution in [1.29, 1.82) is 0 Å². The summed E-state index contributed by atoms with van der Waals surface area (Å²) in [5.41, 5.74) is 0.478. The van der Waals surface area contributed by atoms with Crippen molar-refractivity contribution in [2.45, 2.75) is 58.5 Å². The number of para-hydroxylation sites is 1. The van der Waals surface area contributed by atoms with E-state index in [9.17, 15) is 28.2 Å². The van der Waals surface area contributed by atoms with E-state index in [1.807, 2.05) is 13.8 Å². The normalized spacial score (nSPS) is 15.7. The number of nitrogens with one attached hydrogen (secondary N) is 1. The van der Waals surface area contributed by atoms with Crippen LogP contribution in [0.25, 0.3) is 0 Å². The minimum absolute atomic E-state index is 0.00710. The molecule has 2 N–H and O–H groups in total. The Morgan fingerprint density at radius 3 is 2.67 bits per heavy atom. The second-order valence-electron chi connectivity index (χ2n) is 8.40. The predicted octanol–water partition coefficient (Wildman–Crippen LogP) is 2.27. The van der Waals surface area contributed by atoms with Crippen molar-refractivity contribution in [2.24, 2.45) is 5.92 Å². The number of hydrogen-bond donors (Lipinski definition) is 2. The van der Waals surface area contributed by atoms with Crippen LogP contribution in [0.5, 0.6) is 5.75 Å². The van der Waals surface area contributed by atoms with Crippen molar-refractivity contribution in [3.05, 3.63) is 51.5 Å². The van der Waals surface area contributed by atoms with Crippen LogP contribution in [0.1, 0.15) is 54.6 Å². The number of carbonyl (C=O) groups is 2. The van der Waals surface area contributed by atoms with Crippen LogP contribution >= 0.6 is 0 Å². The van der Waals surface area contributed by atoms with Gasteiger partial charge in [-0.15, -0.1) is 0 Å². The van der Waals surface area contributed by atoms with E-state index < -0.39 is 43.1 Å². The average molecular weight is 467 g/mol. The first-order valence-corrected chi connectivity index (χ1v) is 10.4. The topological polar surface area (TPSA) is 128 Å². The maximum atomic E-state index is 13.1. The molecule has 1 aromatic carbocycles. The molecule has 3 rings (SSSR count). The Bertz CT molecular complexity index is 1070. The van der Waals surface area contributed by atoms with Gasteiger partial charge in [0.05, 0.1) is 12.4 Å². The minimum atomic E-state index is -3.19. The summed E-state index contributed by atoms with van der Waals surface area (Å²) in [4.78, 5) is 35.9. The number of alkyl halides is 2. The lowest BCUT2D eigenvalue weighted by Crippen LogP contribution is -2.53. The minimum Gasteiger partial charge on any atom is -0.534 e. The first-order chi connectivity index (χ1) is 15.4. The maximum Gasteiger partial charge on any atom is 0.547 e. The number of benzene rings is 1. The van der Waals surface area contributed by atoms with Gasteiger partial charge in [-0.25, -0.2) is 18.4 Å². The predicted molar refractivity (Wildman–Crippen MR) is 111 cm³/mol. The van der Waals surface area contributed by atoms with Gasteiger partial charge in [-0.05, 0) is 30.9 Å². The van der Waals surface area contributed by atoms with E-state index in [0.717, 1.165) is 0 Å². The maximum absolute atomic E-state index is 13.1. The molecule has 1 amide bonds. The van der Waals surface area contributed by atoms with Crippen molar-refractivity contribution in [2.75, 3.05) is 0 Å². The van der Waals surface area contributed by atoms with Crippen molar-refractivity contribution >= 4 is 19.0 Å². The molecule has 12 heteroatoms. The number of carbonyl (C=O) groups excluding carboxylic acids is 2. The highest BCUT2D eigenvalue weighted by molar-refractivity contribution is 6.47. The number of rotatable bonds is 8. The zero-order valence-corrected chi connectivity index (χ0v) is 18.4. The van der Waals surface area contributed by atoms with E-state index in [0.29, 0.717) is 24.7 Å². The summed E-state index contributed by atoms with van der Waals surface area (Å²) >= 11 is 0. The molecule has 178 valence electrons. The van der Waals surface area contributed by atoms with Gasteiger partial charge in [0.25, 0.3) is 5.92 Å². The standard InChI is InChI=1S/C21H24BF2NO8/c1-11(2)7-14-15(32-20(28)31-14)10-30-19(27)13-6-4-5-12-8-16(22(29)33-18(12)13)25-17(26)9-21(3,23)24/h4-6,11,16,29H,7-10H2,1-3H3,(H,25,26)/t16-/m0/s1. The highest BCUT2D eigenvalue weighted by atomic mass is 19.3. The number of hydrogen-bond acceptors (Lipinski definition) is 8. The summed E-state index contributed by atoms with van der Waals surface area (Å²) in [6.45, 7) is 4.12. The van der Waals surface area contributed by atoms with Gasteiger partial charge in [-0.3, -0.25) is 4.79 Å². The molecule has 0 bridgehead atoms. The van der Waals surface area contributed by atoms with Crippen LogP contribution in [0.4, 0.5) is 8.78 Å². The third-order valence-corrected chi connectivity index (χ3v) is 4.81. The zero-order valence-electron chi connectivity index (χ0n) is 18.4. The summed E-state index contributed by atoms with van der Waals surface area (Å²) in [7, 11) is -1.56. The van der Waals surface area contributed by atoms with Crippen molar-refractivity contribution in [3.63, 3.8) is 0 Å². The molecule has 0 fully saturated rings. The average Bonchev–Trinajstić information content (AvgIpc) is 3.03. The van der Waals surface area contributed by atoms with E-state index in [1.54, 1.807) is 12.1 Å². The molecule has 0 unspecified atom stereocenters.